The highest BCUT2D eigenvalue weighted by Gasteiger charge is 2.10. The summed E-state index contributed by atoms with van der Waals surface area (Å²) in [6.45, 7) is 0. The lowest BCUT2D eigenvalue weighted by atomic mass is 10.1. The first-order chi connectivity index (χ1) is 7.27. The minimum absolute atomic E-state index is 0.219. The summed E-state index contributed by atoms with van der Waals surface area (Å²) in [6, 6.07) is 13.2. The Kier molecular flexibility index (Phi) is 3.24. The molecule has 3 heteroatoms. The van der Waals surface area contributed by atoms with Gasteiger partial charge < -0.3 is 0 Å². The molecular formula is C12H9Cl2N. The van der Waals surface area contributed by atoms with Crippen molar-refractivity contribution in [1.29, 1.82) is 0 Å². The molecule has 0 N–H and O–H groups in total. The molecule has 15 heavy (non-hydrogen) atoms. The van der Waals surface area contributed by atoms with Gasteiger partial charge in [-0.2, -0.15) is 0 Å². The van der Waals surface area contributed by atoms with Crippen molar-refractivity contribution in [1.82, 2.24) is 4.98 Å². The van der Waals surface area contributed by atoms with E-state index in [9.17, 15) is 0 Å². The van der Waals surface area contributed by atoms with Gasteiger partial charge >= 0.3 is 0 Å². The van der Waals surface area contributed by atoms with Crippen molar-refractivity contribution in [3.63, 3.8) is 0 Å². The van der Waals surface area contributed by atoms with E-state index < -0.39 is 0 Å². The Balaban J connectivity index is 2.29. The monoisotopic (exact) mass is 237 g/mol. The molecule has 0 aliphatic rings. The molecule has 0 aliphatic carbocycles. The van der Waals surface area contributed by atoms with E-state index in [2.05, 4.69) is 4.98 Å². The number of halogens is 2. The predicted octanol–water partition coefficient (Wildman–Crippen LogP) is 4.06. The van der Waals surface area contributed by atoms with Gasteiger partial charge in [-0.05, 0) is 29.8 Å². The van der Waals surface area contributed by atoms with E-state index in [0.29, 0.717) is 5.02 Å². The average molecular weight is 238 g/mol. The molecule has 1 atom stereocenters. The van der Waals surface area contributed by atoms with E-state index in [0.717, 1.165) is 11.3 Å². The van der Waals surface area contributed by atoms with E-state index in [-0.39, 0.29) is 5.38 Å². The van der Waals surface area contributed by atoms with Gasteiger partial charge in [0.05, 0.1) is 5.69 Å². The molecule has 0 radical (unpaired) electrons. The van der Waals surface area contributed by atoms with Crippen LogP contribution in [0.3, 0.4) is 0 Å². The van der Waals surface area contributed by atoms with Crippen LogP contribution in [0.15, 0.2) is 48.7 Å². The number of alkyl halides is 1. The zero-order valence-electron chi connectivity index (χ0n) is 7.90. The third-order valence-electron chi connectivity index (χ3n) is 2.11. The van der Waals surface area contributed by atoms with E-state index in [1.807, 2.05) is 42.5 Å². The van der Waals surface area contributed by atoms with Crippen molar-refractivity contribution in [3.05, 3.63) is 64.9 Å². The maximum atomic E-state index is 6.28. The third kappa shape index (κ3) is 2.49. The molecule has 0 fully saturated rings. The van der Waals surface area contributed by atoms with Gasteiger partial charge in [-0.3, -0.25) is 4.98 Å². The molecule has 1 aromatic heterocycles. The van der Waals surface area contributed by atoms with Gasteiger partial charge in [-0.25, -0.2) is 0 Å². The minimum Gasteiger partial charge on any atom is -0.259 e. The average Bonchev–Trinajstić information content (AvgIpc) is 2.30. The fourth-order valence-corrected chi connectivity index (χ4v) is 1.73. The maximum absolute atomic E-state index is 6.28. The summed E-state index contributed by atoms with van der Waals surface area (Å²) < 4.78 is 0. The van der Waals surface area contributed by atoms with Gasteiger partial charge in [0.1, 0.15) is 5.38 Å². The molecule has 76 valence electrons. The molecule has 2 rings (SSSR count). The molecule has 0 saturated carbocycles. The first-order valence-corrected chi connectivity index (χ1v) is 5.39. The number of nitrogens with zero attached hydrogens (tertiary/aromatic N) is 1. The summed E-state index contributed by atoms with van der Waals surface area (Å²) in [5, 5.41) is 0.493. The van der Waals surface area contributed by atoms with Crippen LogP contribution in [-0.2, 0) is 0 Å². The summed E-state index contributed by atoms with van der Waals surface area (Å²) in [6.07, 6.45) is 1.74. The SMILES string of the molecule is Clc1ccc(C(Cl)c2ccccn2)cc1. The van der Waals surface area contributed by atoms with Crippen LogP contribution in [0.4, 0.5) is 0 Å². The van der Waals surface area contributed by atoms with E-state index >= 15 is 0 Å². The molecule has 0 aliphatic heterocycles. The third-order valence-corrected chi connectivity index (χ3v) is 2.84. The zero-order chi connectivity index (χ0) is 10.7. The second-order valence-electron chi connectivity index (χ2n) is 3.17. The Hall–Kier alpha value is -1.05. The molecule has 0 bridgehead atoms. The zero-order valence-corrected chi connectivity index (χ0v) is 9.41. The van der Waals surface area contributed by atoms with E-state index in [1.54, 1.807) is 6.20 Å². The highest BCUT2D eigenvalue weighted by molar-refractivity contribution is 6.30. The molecule has 1 aromatic carbocycles. The number of aromatic nitrogens is 1. The summed E-state index contributed by atoms with van der Waals surface area (Å²) in [5.74, 6) is 0. The Labute approximate surface area is 98.7 Å². The molecule has 0 spiro atoms. The fourth-order valence-electron chi connectivity index (χ4n) is 1.33. The number of pyridine rings is 1. The molecule has 1 unspecified atom stereocenters. The normalized spacial score (nSPS) is 12.4. The van der Waals surface area contributed by atoms with Gasteiger partial charge in [0.25, 0.3) is 0 Å². The van der Waals surface area contributed by atoms with Crippen LogP contribution in [0.2, 0.25) is 5.02 Å². The van der Waals surface area contributed by atoms with Crippen LogP contribution in [0.1, 0.15) is 16.6 Å². The molecule has 1 heterocycles. The van der Waals surface area contributed by atoms with Crippen LogP contribution < -0.4 is 0 Å². The van der Waals surface area contributed by atoms with Crippen molar-refractivity contribution in [3.8, 4) is 0 Å². The molecule has 0 saturated heterocycles. The summed E-state index contributed by atoms with van der Waals surface area (Å²) in [7, 11) is 0. The maximum Gasteiger partial charge on any atom is 0.101 e. The van der Waals surface area contributed by atoms with Crippen LogP contribution in [0, 0.1) is 0 Å². The Morgan fingerprint density at radius 2 is 1.73 bits per heavy atom. The molecule has 0 amide bonds. The van der Waals surface area contributed by atoms with Crippen molar-refractivity contribution in [2.45, 2.75) is 5.38 Å². The Morgan fingerprint density at radius 1 is 1.00 bits per heavy atom. The quantitative estimate of drug-likeness (QED) is 0.719. The highest BCUT2D eigenvalue weighted by Crippen LogP contribution is 2.27. The Morgan fingerprint density at radius 3 is 2.33 bits per heavy atom. The number of hydrogen-bond acceptors (Lipinski definition) is 1. The van der Waals surface area contributed by atoms with Gasteiger partial charge in [0, 0.05) is 11.2 Å². The first-order valence-electron chi connectivity index (χ1n) is 4.58. The minimum atomic E-state index is -0.219. The van der Waals surface area contributed by atoms with Gasteiger partial charge in [-0.15, -0.1) is 11.6 Å². The van der Waals surface area contributed by atoms with E-state index in [4.69, 9.17) is 23.2 Å². The molecule has 2 aromatic rings. The van der Waals surface area contributed by atoms with Crippen molar-refractivity contribution >= 4 is 23.2 Å². The van der Waals surface area contributed by atoms with E-state index in [1.165, 1.54) is 0 Å². The van der Waals surface area contributed by atoms with Crippen LogP contribution in [0.5, 0.6) is 0 Å². The largest absolute Gasteiger partial charge is 0.259 e. The lowest BCUT2D eigenvalue weighted by Gasteiger charge is -2.08. The lowest BCUT2D eigenvalue weighted by Crippen LogP contribution is -1.95. The fraction of sp³-hybridized carbons (Fsp3) is 0.0833. The second kappa shape index (κ2) is 4.65. The summed E-state index contributed by atoms with van der Waals surface area (Å²) in [5.41, 5.74) is 1.85. The predicted molar refractivity (Wildman–Crippen MR) is 63.4 cm³/mol. The standard InChI is InChI=1S/C12H9Cl2N/c13-10-6-4-9(5-7-10)12(14)11-3-1-2-8-15-11/h1-8,12H. The van der Waals surface area contributed by atoms with Crippen molar-refractivity contribution in [2.75, 3.05) is 0 Å². The number of benzene rings is 1. The van der Waals surface area contributed by atoms with Gasteiger partial charge in [-0.1, -0.05) is 29.8 Å². The van der Waals surface area contributed by atoms with Crippen molar-refractivity contribution in [2.24, 2.45) is 0 Å². The first kappa shape index (κ1) is 10.5. The van der Waals surface area contributed by atoms with Crippen molar-refractivity contribution < 1.29 is 0 Å². The van der Waals surface area contributed by atoms with Crippen LogP contribution in [0.25, 0.3) is 0 Å². The lowest BCUT2D eigenvalue weighted by molar-refractivity contribution is 1.04. The van der Waals surface area contributed by atoms with Gasteiger partial charge in [0.15, 0.2) is 0 Å². The van der Waals surface area contributed by atoms with Crippen LogP contribution in [-0.4, -0.2) is 4.98 Å². The smallest absolute Gasteiger partial charge is 0.101 e. The highest BCUT2D eigenvalue weighted by atomic mass is 35.5. The van der Waals surface area contributed by atoms with Crippen LogP contribution >= 0.6 is 23.2 Å². The number of rotatable bonds is 2. The second-order valence-corrected chi connectivity index (χ2v) is 4.04. The topological polar surface area (TPSA) is 12.9 Å². The summed E-state index contributed by atoms with van der Waals surface area (Å²) >= 11 is 12.1. The Bertz CT molecular complexity index is 425. The summed E-state index contributed by atoms with van der Waals surface area (Å²) in [4.78, 5) is 4.21. The number of hydrogen-bond donors (Lipinski definition) is 0. The molecule has 1 nitrogen and oxygen atoms in total. The van der Waals surface area contributed by atoms with Gasteiger partial charge in [0.2, 0.25) is 0 Å². The molecular weight excluding hydrogens is 229 g/mol.